The van der Waals surface area contributed by atoms with Gasteiger partial charge in [-0.25, -0.2) is 4.79 Å². The maximum atomic E-state index is 12.1. The molecule has 0 saturated carbocycles. The molecule has 0 aliphatic rings. The van der Waals surface area contributed by atoms with Gasteiger partial charge in [0.25, 0.3) is 0 Å². The molecule has 4 nitrogen and oxygen atoms in total. The Bertz CT molecular complexity index is 1290. The Labute approximate surface area is 200 Å². The minimum atomic E-state index is -0.918. The summed E-state index contributed by atoms with van der Waals surface area (Å²) in [6.45, 7) is 2.57. The van der Waals surface area contributed by atoms with Crippen LogP contribution < -0.4 is 9.47 Å². The molecular formula is C30H30O4. The van der Waals surface area contributed by atoms with Gasteiger partial charge in [0.2, 0.25) is 0 Å². The topological polar surface area (TPSA) is 55.8 Å². The molecular weight excluding hydrogens is 424 g/mol. The van der Waals surface area contributed by atoms with Crippen molar-refractivity contribution in [2.45, 2.75) is 39.0 Å². The van der Waals surface area contributed by atoms with E-state index in [1.807, 2.05) is 73.7 Å². The first-order valence-electron chi connectivity index (χ1n) is 11.9. The normalized spacial score (nSPS) is 11.9. The van der Waals surface area contributed by atoms with E-state index >= 15 is 0 Å². The van der Waals surface area contributed by atoms with Crippen LogP contribution in [0, 0.1) is 0 Å². The van der Waals surface area contributed by atoms with Crippen molar-refractivity contribution in [2.24, 2.45) is 0 Å². The number of carbonyl (C=O) groups is 1. The van der Waals surface area contributed by atoms with Crippen LogP contribution in [0.3, 0.4) is 0 Å². The Morgan fingerprint density at radius 1 is 0.735 bits per heavy atom. The third-order valence-corrected chi connectivity index (χ3v) is 5.88. The first kappa shape index (κ1) is 23.4. The van der Waals surface area contributed by atoms with Crippen molar-refractivity contribution in [3.05, 3.63) is 96.3 Å². The SMILES string of the molecule is CCCC(Oc1cccc2ccccc12)=C(CCCCOc1cccc2ccccc12)C(=O)O. The summed E-state index contributed by atoms with van der Waals surface area (Å²) in [4.78, 5) is 12.1. The van der Waals surface area contributed by atoms with Crippen LogP contribution in [0.15, 0.2) is 96.3 Å². The highest BCUT2D eigenvalue weighted by atomic mass is 16.5. The van der Waals surface area contributed by atoms with Gasteiger partial charge in [0.05, 0.1) is 12.2 Å². The number of rotatable bonds is 11. The molecule has 0 heterocycles. The Hall–Kier alpha value is -3.79. The molecule has 0 amide bonds. The van der Waals surface area contributed by atoms with Crippen LogP contribution in [-0.2, 0) is 4.79 Å². The second kappa shape index (κ2) is 11.4. The van der Waals surface area contributed by atoms with Gasteiger partial charge in [0, 0.05) is 17.2 Å². The van der Waals surface area contributed by atoms with E-state index in [-0.39, 0.29) is 0 Å². The molecule has 1 N–H and O–H groups in total. The molecule has 0 saturated heterocycles. The highest BCUT2D eigenvalue weighted by Gasteiger charge is 2.17. The van der Waals surface area contributed by atoms with Gasteiger partial charge in [-0.1, -0.05) is 79.7 Å². The fraction of sp³-hybridized carbons (Fsp3) is 0.233. The first-order chi connectivity index (χ1) is 16.7. The van der Waals surface area contributed by atoms with Crippen molar-refractivity contribution in [1.82, 2.24) is 0 Å². The lowest BCUT2D eigenvalue weighted by Gasteiger charge is -2.15. The maximum Gasteiger partial charge on any atom is 0.334 e. The molecule has 0 spiro atoms. The number of hydrogen-bond donors (Lipinski definition) is 1. The number of aliphatic carboxylic acids is 1. The minimum Gasteiger partial charge on any atom is -0.493 e. The standard InChI is InChI=1S/C30H30O4/c1-2-11-28(34-29-20-10-15-23-13-4-6-17-25(23)29)26(30(31)32)18-7-8-21-33-27-19-9-14-22-12-3-5-16-24(22)27/h3-6,9-10,12-17,19-20H,2,7-8,11,18,21H2,1H3,(H,31,32). The van der Waals surface area contributed by atoms with Crippen LogP contribution in [0.4, 0.5) is 0 Å². The van der Waals surface area contributed by atoms with Crippen molar-refractivity contribution in [3.63, 3.8) is 0 Å². The number of carboxylic acids is 1. The Balaban J connectivity index is 1.43. The lowest BCUT2D eigenvalue weighted by molar-refractivity contribution is -0.133. The number of hydrogen-bond acceptors (Lipinski definition) is 3. The number of carboxylic acid groups (broad SMARTS) is 1. The van der Waals surface area contributed by atoms with Gasteiger partial charge >= 0.3 is 5.97 Å². The summed E-state index contributed by atoms with van der Waals surface area (Å²) < 4.78 is 12.3. The van der Waals surface area contributed by atoms with Crippen LogP contribution in [-0.4, -0.2) is 17.7 Å². The number of unbranched alkanes of at least 4 members (excludes halogenated alkanes) is 1. The maximum absolute atomic E-state index is 12.1. The average molecular weight is 455 g/mol. The quantitative estimate of drug-likeness (QED) is 0.143. The molecule has 4 heteroatoms. The van der Waals surface area contributed by atoms with Crippen LogP contribution in [0.2, 0.25) is 0 Å². The van der Waals surface area contributed by atoms with Gasteiger partial charge in [0.1, 0.15) is 17.3 Å². The lowest BCUT2D eigenvalue weighted by atomic mass is 10.0. The van der Waals surface area contributed by atoms with Crippen molar-refractivity contribution in [3.8, 4) is 11.5 Å². The molecule has 174 valence electrons. The smallest absolute Gasteiger partial charge is 0.334 e. The highest BCUT2D eigenvalue weighted by Crippen LogP contribution is 2.30. The summed E-state index contributed by atoms with van der Waals surface area (Å²) in [7, 11) is 0. The molecule has 4 aromatic rings. The summed E-state index contributed by atoms with van der Waals surface area (Å²) in [6.07, 6.45) is 3.29. The van der Waals surface area contributed by atoms with Crippen LogP contribution in [0.25, 0.3) is 21.5 Å². The summed E-state index contributed by atoms with van der Waals surface area (Å²) in [5.41, 5.74) is 0.347. The summed E-state index contributed by atoms with van der Waals surface area (Å²) in [5.74, 6) is 1.18. The van der Waals surface area contributed by atoms with E-state index in [9.17, 15) is 9.90 Å². The Kier molecular flexibility index (Phi) is 7.82. The third-order valence-electron chi connectivity index (χ3n) is 5.88. The molecule has 4 rings (SSSR count). The van der Waals surface area contributed by atoms with Gasteiger partial charge in [-0.3, -0.25) is 0 Å². The molecule has 0 aromatic heterocycles. The van der Waals surface area contributed by atoms with E-state index in [1.165, 1.54) is 0 Å². The molecule has 0 atom stereocenters. The van der Waals surface area contributed by atoms with Crippen molar-refractivity contribution in [2.75, 3.05) is 6.61 Å². The van der Waals surface area contributed by atoms with Crippen molar-refractivity contribution < 1.29 is 19.4 Å². The fourth-order valence-electron chi connectivity index (χ4n) is 4.18. The monoisotopic (exact) mass is 454 g/mol. The van der Waals surface area contributed by atoms with E-state index in [0.29, 0.717) is 43.0 Å². The van der Waals surface area contributed by atoms with Gasteiger partial charge in [-0.15, -0.1) is 0 Å². The second-order valence-electron chi connectivity index (χ2n) is 8.32. The predicted molar refractivity (Wildman–Crippen MR) is 137 cm³/mol. The summed E-state index contributed by atoms with van der Waals surface area (Å²) in [6, 6.07) is 28.0. The Morgan fingerprint density at radius 2 is 1.32 bits per heavy atom. The van der Waals surface area contributed by atoms with Crippen molar-refractivity contribution >= 4 is 27.5 Å². The zero-order valence-electron chi connectivity index (χ0n) is 19.5. The van der Waals surface area contributed by atoms with Gasteiger partial charge in [-0.05, 0) is 48.6 Å². The van der Waals surface area contributed by atoms with Crippen molar-refractivity contribution in [1.29, 1.82) is 0 Å². The average Bonchev–Trinajstić information content (AvgIpc) is 2.86. The number of allylic oxidation sites excluding steroid dienone is 1. The number of ether oxygens (including phenoxy) is 2. The predicted octanol–water partition coefficient (Wildman–Crippen LogP) is 7.76. The van der Waals surface area contributed by atoms with Crippen LogP contribution in [0.1, 0.15) is 39.0 Å². The number of benzene rings is 4. The molecule has 0 unspecified atom stereocenters. The summed E-state index contributed by atoms with van der Waals surface area (Å²) >= 11 is 0. The van der Waals surface area contributed by atoms with E-state index in [2.05, 4.69) is 18.2 Å². The molecule has 4 aromatic carbocycles. The Morgan fingerprint density at radius 3 is 1.97 bits per heavy atom. The third kappa shape index (κ3) is 5.57. The molecule has 34 heavy (non-hydrogen) atoms. The van der Waals surface area contributed by atoms with Crippen LogP contribution in [0.5, 0.6) is 11.5 Å². The van der Waals surface area contributed by atoms with Crippen LogP contribution >= 0.6 is 0 Å². The van der Waals surface area contributed by atoms with Gasteiger partial charge < -0.3 is 14.6 Å². The molecule has 0 radical (unpaired) electrons. The zero-order chi connectivity index (χ0) is 23.8. The fourth-order valence-corrected chi connectivity index (χ4v) is 4.18. The van der Waals surface area contributed by atoms with Gasteiger partial charge in [-0.2, -0.15) is 0 Å². The van der Waals surface area contributed by atoms with E-state index < -0.39 is 5.97 Å². The van der Waals surface area contributed by atoms with E-state index in [0.717, 1.165) is 40.1 Å². The number of fused-ring (bicyclic) bond motifs is 2. The lowest BCUT2D eigenvalue weighted by Crippen LogP contribution is -2.10. The first-order valence-corrected chi connectivity index (χ1v) is 11.9. The zero-order valence-corrected chi connectivity index (χ0v) is 19.5. The molecule has 0 aliphatic heterocycles. The molecule has 0 bridgehead atoms. The largest absolute Gasteiger partial charge is 0.493 e. The summed E-state index contributed by atoms with van der Waals surface area (Å²) in [5, 5.41) is 14.2. The highest BCUT2D eigenvalue weighted by molar-refractivity contribution is 5.90. The van der Waals surface area contributed by atoms with Gasteiger partial charge in [0.15, 0.2) is 0 Å². The second-order valence-corrected chi connectivity index (χ2v) is 8.32. The van der Waals surface area contributed by atoms with E-state index in [1.54, 1.807) is 0 Å². The molecule has 0 fully saturated rings. The van der Waals surface area contributed by atoms with E-state index in [4.69, 9.17) is 9.47 Å². The molecule has 0 aliphatic carbocycles. The minimum absolute atomic E-state index is 0.347.